The van der Waals surface area contributed by atoms with Gasteiger partial charge in [0.25, 0.3) is 5.91 Å². The molecule has 2 rings (SSSR count). The van der Waals surface area contributed by atoms with Crippen LogP contribution in [0.3, 0.4) is 0 Å². The van der Waals surface area contributed by atoms with Gasteiger partial charge in [0, 0.05) is 25.2 Å². The Labute approximate surface area is 137 Å². The maximum absolute atomic E-state index is 12.5. The molecule has 0 aromatic heterocycles. The van der Waals surface area contributed by atoms with E-state index < -0.39 is 5.97 Å². The first-order valence-electron chi connectivity index (χ1n) is 8.38. The second-order valence-corrected chi connectivity index (χ2v) is 6.06. The van der Waals surface area contributed by atoms with Crippen LogP contribution in [-0.4, -0.2) is 53.0 Å². The van der Waals surface area contributed by atoms with Crippen molar-refractivity contribution in [3.63, 3.8) is 0 Å². The summed E-state index contributed by atoms with van der Waals surface area (Å²) in [5.74, 6) is -1.06. The Balaban J connectivity index is 1.94. The van der Waals surface area contributed by atoms with Crippen molar-refractivity contribution in [1.82, 2.24) is 9.80 Å². The van der Waals surface area contributed by atoms with Crippen molar-refractivity contribution in [3.8, 4) is 0 Å². The normalized spacial score (nSPS) is 15.9. The predicted octanol–water partition coefficient (Wildman–Crippen LogP) is 2.47. The third-order valence-electron chi connectivity index (χ3n) is 4.63. The molecule has 1 aromatic carbocycles. The molecule has 1 saturated heterocycles. The fraction of sp³-hybridized carbons (Fsp3) is 0.556. The molecule has 0 atom stereocenters. The van der Waals surface area contributed by atoms with E-state index in [1.165, 1.54) is 5.56 Å². The number of piperidine rings is 1. The zero-order chi connectivity index (χ0) is 16.8. The Morgan fingerprint density at radius 2 is 1.70 bits per heavy atom. The molecule has 1 heterocycles. The second kappa shape index (κ2) is 8.11. The van der Waals surface area contributed by atoms with Gasteiger partial charge < -0.3 is 10.0 Å². The van der Waals surface area contributed by atoms with E-state index in [-0.39, 0.29) is 11.8 Å². The summed E-state index contributed by atoms with van der Waals surface area (Å²) in [6.07, 6.45) is 1.09. The first kappa shape index (κ1) is 17.5. The molecule has 1 fully saturated rings. The van der Waals surface area contributed by atoms with Crippen LogP contribution in [-0.2, 0) is 11.3 Å². The molecule has 0 radical (unpaired) electrons. The maximum atomic E-state index is 12.5. The Kier molecular flexibility index (Phi) is 6.16. The van der Waals surface area contributed by atoms with Crippen LogP contribution in [0.1, 0.15) is 42.6 Å². The van der Waals surface area contributed by atoms with E-state index in [9.17, 15) is 9.59 Å². The minimum absolute atomic E-state index is 0.00299. The summed E-state index contributed by atoms with van der Waals surface area (Å²) < 4.78 is 0. The zero-order valence-corrected chi connectivity index (χ0v) is 14.0. The lowest BCUT2D eigenvalue weighted by Crippen LogP contribution is -2.40. The number of hydrogen-bond donors (Lipinski definition) is 1. The molecule has 0 saturated carbocycles. The summed E-state index contributed by atoms with van der Waals surface area (Å²) in [5.41, 5.74) is 1.89. The van der Waals surface area contributed by atoms with Crippen molar-refractivity contribution >= 4 is 11.9 Å². The largest absolute Gasteiger partial charge is 0.481 e. The number of rotatable bonds is 6. The lowest BCUT2D eigenvalue weighted by molar-refractivity contribution is -0.143. The van der Waals surface area contributed by atoms with Crippen molar-refractivity contribution in [1.29, 1.82) is 0 Å². The summed E-state index contributed by atoms with van der Waals surface area (Å²) in [7, 11) is 0. The monoisotopic (exact) mass is 318 g/mol. The van der Waals surface area contributed by atoms with Crippen LogP contribution in [0.2, 0.25) is 0 Å². The highest BCUT2D eigenvalue weighted by molar-refractivity contribution is 5.94. The third kappa shape index (κ3) is 4.55. The number of benzene rings is 1. The molecule has 0 aliphatic carbocycles. The van der Waals surface area contributed by atoms with Gasteiger partial charge in [-0.25, -0.2) is 0 Å². The summed E-state index contributed by atoms with van der Waals surface area (Å²) in [6, 6.07) is 7.78. The third-order valence-corrected chi connectivity index (χ3v) is 4.63. The van der Waals surface area contributed by atoms with Gasteiger partial charge in [-0.2, -0.15) is 0 Å². The van der Waals surface area contributed by atoms with Gasteiger partial charge in [0.2, 0.25) is 0 Å². The Morgan fingerprint density at radius 3 is 2.17 bits per heavy atom. The van der Waals surface area contributed by atoms with Crippen LogP contribution < -0.4 is 0 Å². The zero-order valence-electron chi connectivity index (χ0n) is 14.0. The first-order chi connectivity index (χ1) is 11.0. The molecule has 23 heavy (non-hydrogen) atoms. The van der Waals surface area contributed by atoms with Gasteiger partial charge in [0.1, 0.15) is 0 Å². The summed E-state index contributed by atoms with van der Waals surface area (Å²) in [6.45, 7) is 8.25. The number of nitrogens with zero attached hydrogens (tertiary/aromatic N) is 2. The van der Waals surface area contributed by atoms with Crippen LogP contribution in [0.25, 0.3) is 0 Å². The highest BCUT2D eigenvalue weighted by Crippen LogP contribution is 2.19. The number of amides is 1. The van der Waals surface area contributed by atoms with E-state index >= 15 is 0 Å². The van der Waals surface area contributed by atoms with Crippen molar-refractivity contribution in [3.05, 3.63) is 35.4 Å². The van der Waals surface area contributed by atoms with Crippen molar-refractivity contribution < 1.29 is 14.7 Å². The van der Waals surface area contributed by atoms with Gasteiger partial charge in [0.05, 0.1) is 5.92 Å². The van der Waals surface area contributed by atoms with Crippen molar-refractivity contribution in [2.45, 2.75) is 33.2 Å². The lowest BCUT2D eigenvalue weighted by atomic mass is 9.96. The molecule has 0 unspecified atom stereocenters. The van der Waals surface area contributed by atoms with Gasteiger partial charge in [0.15, 0.2) is 0 Å². The number of hydrogen-bond acceptors (Lipinski definition) is 3. The van der Waals surface area contributed by atoms with Crippen LogP contribution in [0.4, 0.5) is 0 Å². The number of likely N-dealkylation sites (tertiary alicyclic amines) is 1. The van der Waals surface area contributed by atoms with E-state index in [1.807, 2.05) is 24.3 Å². The Morgan fingerprint density at radius 1 is 1.13 bits per heavy atom. The van der Waals surface area contributed by atoms with Crippen LogP contribution in [0.5, 0.6) is 0 Å². The topological polar surface area (TPSA) is 60.9 Å². The standard InChI is InChI=1S/C18H26N2O3/c1-3-19(4-2)13-14-5-7-15(8-6-14)17(21)20-11-9-16(10-12-20)18(22)23/h5-8,16H,3-4,9-13H2,1-2H3,(H,22,23). The van der Waals surface area contributed by atoms with E-state index in [0.717, 1.165) is 19.6 Å². The minimum Gasteiger partial charge on any atom is -0.481 e. The van der Waals surface area contributed by atoms with Gasteiger partial charge in [-0.15, -0.1) is 0 Å². The number of carboxylic acid groups (broad SMARTS) is 1. The summed E-state index contributed by atoms with van der Waals surface area (Å²) >= 11 is 0. The number of carbonyl (C=O) groups is 2. The molecule has 1 N–H and O–H groups in total. The smallest absolute Gasteiger partial charge is 0.306 e. The van der Waals surface area contributed by atoms with E-state index in [4.69, 9.17) is 5.11 Å². The molecule has 126 valence electrons. The number of aliphatic carboxylic acids is 1. The summed E-state index contributed by atoms with van der Waals surface area (Å²) in [5, 5.41) is 9.02. The van der Waals surface area contributed by atoms with E-state index in [0.29, 0.717) is 31.5 Å². The fourth-order valence-electron chi connectivity index (χ4n) is 2.97. The van der Waals surface area contributed by atoms with Crippen molar-refractivity contribution in [2.75, 3.05) is 26.2 Å². The molecule has 5 heteroatoms. The van der Waals surface area contributed by atoms with E-state index in [1.54, 1.807) is 4.90 Å². The molecule has 1 aliphatic heterocycles. The van der Waals surface area contributed by atoms with Gasteiger partial charge in [-0.3, -0.25) is 14.5 Å². The van der Waals surface area contributed by atoms with Gasteiger partial charge in [-0.1, -0.05) is 26.0 Å². The lowest BCUT2D eigenvalue weighted by Gasteiger charge is -2.30. The number of carboxylic acids is 1. The van der Waals surface area contributed by atoms with Crippen LogP contribution in [0, 0.1) is 5.92 Å². The first-order valence-corrected chi connectivity index (χ1v) is 8.38. The fourth-order valence-corrected chi connectivity index (χ4v) is 2.97. The molecule has 1 aromatic rings. The Bertz CT molecular complexity index is 530. The molecule has 1 aliphatic rings. The highest BCUT2D eigenvalue weighted by atomic mass is 16.4. The molecular formula is C18H26N2O3. The average Bonchev–Trinajstić information content (AvgIpc) is 2.59. The van der Waals surface area contributed by atoms with Crippen LogP contribution in [0.15, 0.2) is 24.3 Å². The average molecular weight is 318 g/mol. The van der Waals surface area contributed by atoms with Gasteiger partial charge >= 0.3 is 5.97 Å². The molecule has 1 amide bonds. The predicted molar refractivity (Wildman–Crippen MR) is 89.3 cm³/mol. The van der Waals surface area contributed by atoms with Crippen molar-refractivity contribution in [2.24, 2.45) is 5.92 Å². The molecule has 5 nitrogen and oxygen atoms in total. The number of carbonyl (C=O) groups excluding carboxylic acids is 1. The summed E-state index contributed by atoms with van der Waals surface area (Å²) in [4.78, 5) is 27.5. The SMILES string of the molecule is CCN(CC)Cc1ccc(C(=O)N2CCC(C(=O)O)CC2)cc1. The quantitative estimate of drug-likeness (QED) is 0.875. The van der Waals surface area contributed by atoms with Gasteiger partial charge in [-0.05, 0) is 43.6 Å². The van der Waals surface area contributed by atoms with E-state index in [2.05, 4.69) is 18.7 Å². The molecular weight excluding hydrogens is 292 g/mol. The van der Waals surface area contributed by atoms with Crippen LogP contribution >= 0.6 is 0 Å². The molecule has 0 bridgehead atoms. The highest BCUT2D eigenvalue weighted by Gasteiger charge is 2.27. The minimum atomic E-state index is -0.752. The maximum Gasteiger partial charge on any atom is 0.306 e. The molecule has 0 spiro atoms. The Hall–Kier alpha value is -1.88. The second-order valence-electron chi connectivity index (χ2n) is 6.06.